The van der Waals surface area contributed by atoms with Gasteiger partial charge in [0.05, 0.1) is 19.5 Å². The number of hydrogen-bond donors (Lipinski definition) is 0. The quantitative estimate of drug-likeness (QED) is 0.269. The molecule has 0 bridgehead atoms. The number of amides is 2. The molecular formula is C33H42FN3O2. The van der Waals surface area contributed by atoms with E-state index in [4.69, 9.17) is 0 Å². The first kappa shape index (κ1) is 28.6. The summed E-state index contributed by atoms with van der Waals surface area (Å²) in [4.78, 5) is 31.1. The molecule has 1 fully saturated rings. The van der Waals surface area contributed by atoms with Crippen LogP contribution in [0.4, 0.5) is 4.39 Å². The van der Waals surface area contributed by atoms with Crippen molar-refractivity contribution in [2.24, 2.45) is 5.92 Å². The number of carbonyl (C=O) groups excluding carboxylic acids is 2. The summed E-state index contributed by atoms with van der Waals surface area (Å²) in [6.07, 6.45) is 8.61. The van der Waals surface area contributed by atoms with Gasteiger partial charge in [0.1, 0.15) is 5.82 Å². The van der Waals surface area contributed by atoms with Gasteiger partial charge in [-0.3, -0.25) is 9.59 Å². The van der Waals surface area contributed by atoms with E-state index in [1.165, 1.54) is 18.6 Å². The van der Waals surface area contributed by atoms with Gasteiger partial charge in [-0.1, -0.05) is 75.6 Å². The van der Waals surface area contributed by atoms with E-state index in [1.807, 2.05) is 47.5 Å². The monoisotopic (exact) mass is 531 g/mol. The van der Waals surface area contributed by atoms with E-state index in [0.29, 0.717) is 32.0 Å². The number of nitrogens with zero attached hydrogens (tertiary/aromatic N) is 3. The maximum Gasteiger partial charge on any atom is 0.242 e. The van der Waals surface area contributed by atoms with Crippen LogP contribution in [0.15, 0.2) is 72.9 Å². The van der Waals surface area contributed by atoms with Crippen LogP contribution in [0.25, 0.3) is 0 Å². The van der Waals surface area contributed by atoms with Crippen LogP contribution < -0.4 is 0 Å². The number of aromatic nitrogens is 1. The van der Waals surface area contributed by atoms with Crippen molar-refractivity contribution < 1.29 is 14.0 Å². The Morgan fingerprint density at radius 1 is 0.897 bits per heavy atom. The molecule has 0 unspecified atom stereocenters. The normalized spacial score (nSPS) is 13.9. The fourth-order valence-corrected chi connectivity index (χ4v) is 5.36. The van der Waals surface area contributed by atoms with E-state index in [1.54, 1.807) is 17.0 Å². The third kappa shape index (κ3) is 8.54. The molecule has 0 spiro atoms. The lowest BCUT2D eigenvalue weighted by Crippen LogP contribution is -2.48. The Labute approximate surface area is 232 Å². The van der Waals surface area contributed by atoms with E-state index < -0.39 is 0 Å². The Balaban J connectivity index is 1.51. The van der Waals surface area contributed by atoms with Gasteiger partial charge in [0.15, 0.2) is 0 Å². The fraction of sp³-hybridized carbons (Fsp3) is 0.455. The van der Waals surface area contributed by atoms with Crippen LogP contribution in [-0.4, -0.2) is 45.3 Å². The predicted molar refractivity (Wildman–Crippen MR) is 154 cm³/mol. The van der Waals surface area contributed by atoms with Gasteiger partial charge in [0, 0.05) is 31.0 Å². The number of benzene rings is 2. The van der Waals surface area contributed by atoms with Crippen molar-refractivity contribution in [1.82, 2.24) is 14.4 Å². The molecule has 0 radical (unpaired) electrons. The highest BCUT2D eigenvalue weighted by molar-refractivity contribution is 5.86. The van der Waals surface area contributed by atoms with E-state index in [9.17, 15) is 14.0 Å². The Bertz CT molecular complexity index is 1180. The SMILES string of the molecule is CC(C)CCN(CC(=O)N(Cc1cccn1Cc1ccc(F)cc1)C1CCCCC1)C(=O)Cc1ccccc1. The molecule has 6 heteroatoms. The van der Waals surface area contributed by atoms with Gasteiger partial charge >= 0.3 is 0 Å². The average molecular weight is 532 g/mol. The van der Waals surface area contributed by atoms with E-state index >= 15 is 0 Å². The Morgan fingerprint density at radius 2 is 1.62 bits per heavy atom. The van der Waals surface area contributed by atoms with Crippen LogP contribution in [0.1, 0.15) is 69.2 Å². The molecule has 2 aromatic carbocycles. The highest BCUT2D eigenvalue weighted by atomic mass is 19.1. The van der Waals surface area contributed by atoms with Crippen molar-refractivity contribution in [1.29, 1.82) is 0 Å². The Morgan fingerprint density at radius 3 is 2.31 bits per heavy atom. The molecule has 1 saturated carbocycles. The van der Waals surface area contributed by atoms with Crippen molar-refractivity contribution in [3.05, 3.63) is 95.6 Å². The number of rotatable bonds is 12. The molecule has 0 saturated heterocycles. The number of hydrogen-bond acceptors (Lipinski definition) is 2. The smallest absolute Gasteiger partial charge is 0.242 e. The predicted octanol–water partition coefficient (Wildman–Crippen LogP) is 6.45. The molecule has 1 heterocycles. The first-order valence-electron chi connectivity index (χ1n) is 14.4. The van der Waals surface area contributed by atoms with E-state index in [0.717, 1.165) is 48.9 Å². The minimum atomic E-state index is -0.246. The molecule has 208 valence electrons. The average Bonchev–Trinajstić information content (AvgIpc) is 3.38. The number of carbonyl (C=O) groups is 2. The lowest BCUT2D eigenvalue weighted by Gasteiger charge is -2.36. The zero-order chi connectivity index (χ0) is 27.6. The van der Waals surface area contributed by atoms with Gasteiger partial charge in [-0.2, -0.15) is 0 Å². The minimum Gasteiger partial charge on any atom is -0.345 e. The second-order valence-corrected chi connectivity index (χ2v) is 11.2. The van der Waals surface area contributed by atoms with Crippen LogP contribution in [0, 0.1) is 11.7 Å². The summed E-state index contributed by atoms with van der Waals surface area (Å²) in [5.41, 5.74) is 3.02. The van der Waals surface area contributed by atoms with Crippen LogP contribution in [0.2, 0.25) is 0 Å². The van der Waals surface area contributed by atoms with Crippen molar-refractivity contribution >= 4 is 11.8 Å². The molecule has 0 atom stereocenters. The van der Waals surface area contributed by atoms with Gasteiger partial charge in [0.2, 0.25) is 11.8 Å². The van der Waals surface area contributed by atoms with Crippen LogP contribution in [0.3, 0.4) is 0 Å². The molecule has 5 nitrogen and oxygen atoms in total. The zero-order valence-corrected chi connectivity index (χ0v) is 23.4. The Hall–Kier alpha value is -3.41. The third-order valence-electron chi connectivity index (χ3n) is 7.71. The zero-order valence-electron chi connectivity index (χ0n) is 23.4. The molecule has 1 aromatic heterocycles. The molecule has 0 N–H and O–H groups in total. The van der Waals surface area contributed by atoms with Crippen molar-refractivity contribution in [3.8, 4) is 0 Å². The second-order valence-electron chi connectivity index (χ2n) is 11.2. The topological polar surface area (TPSA) is 45.6 Å². The first-order chi connectivity index (χ1) is 18.9. The van der Waals surface area contributed by atoms with Gasteiger partial charge in [0.25, 0.3) is 0 Å². The summed E-state index contributed by atoms with van der Waals surface area (Å²) in [5.74, 6) is 0.209. The van der Waals surface area contributed by atoms with Crippen molar-refractivity contribution in [2.45, 2.75) is 77.9 Å². The summed E-state index contributed by atoms with van der Waals surface area (Å²) < 4.78 is 15.5. The molecule has 3 aromatic rings. The van der Waals surface area contributed by atoms with Crippen LogP contribution >= 0.6 is 0 Å². The van der Waals surface area contributed by atoms with Gasteiger partial charge in [-0.25, -0.2) is 4.39 Å². The summed E-state index contributed by atoms with van der Waals surface area (Å²) in [6, 6.07) is 20.6. The minimum absolute atomic E-state index is 0.00141. The van der Waals surface area contributed by atoms with Crippen LogP contribution in [0.5, 0.6) is 0 Å². The van der Waals surface area contributed by atoms with E-state index in [-0.39, 0.29) is 30.2 Å². The molecule has 4 rings (SSSR count). The highest BCUT2D eigenvalue weighted by Crippen LogP contribution is 2.25. The fourth-order valence-electron chi connectivity index (χ4n) is 5.36. The lowest BCUT2D eigenvalue weighted by atomic mass is 9.94. The van der Waals surface area contributed by atoms with Gasteiger partial charge < -0.3 is 14.4 Å². The molecule has 2 amide bonds. The van der Waals surface area contributed by atoms with Gasteiger partial charge in [-0.15, -0.1) is 0 Å². The largest absolute Gasteiger partial charge is 0.345 e. The second kappa shape index (κ2) is 14.1. The molecule has 0 aliphatic heterocycles. The number of halogens is 1. The first-order valence-corrected chi connectivity index (χ1v) is 14.4. The van der Waals surface area contributed by atoms with E-state index in [2.05, 4.69) is 24.5 Å². The van der Waals surface area contributed by atoms with Crippen molar-refractivity contribution in [3.63, 3.8) is 0 Å². The summed E-state index contributed by atoms with van der Waals surface area (Å²) in [5, 5.41) is 0. The molecule has 39 heavy (non-hydrogen) atoms. The molecule has 1 aliphatic rings. The third-order valence-corrected chi connectivity index (χ3v) is 7.71. The standard InChI is InChI=1S/C33H42FN3O2/c1-26(2)19-21-36(32(38)22-27-10-5-3-6-11-27)25-33(39)37(30-12-7-4-8-13-30)24-31-14-9-20-35(31)23-28-15-17-29(34)18-16-28/h3,5-6,9-11,14-18,20,26,30H,4,7-8,12-13,19,21-25H2,1-2H3. The molecule has 1 aliphatic carbocycles. The summed E-state index contributed by atoms with van der Waals surface area (Å²) in [7, 11) is 0. The molecular weight excluding hydrogens is 489 g/mol. The Kier molecular flexibility index (Phi) is 10.3. The summed E-state index contributed by atoms with van der Waals surface area (Å²) >= 11 is 0. The maximum atomic E-state index is 14.0. The lowest BCUT2D eigenvalue weighted by molar-refractivity contribution is -0.142. The summed E-state index contributed by atoms with van der Waals surface area (Å²) in [6.45, 7) is 6.09. The van der Waals surface area contributed by atoms with Crippen molar-refractivity contribution in [2.75, 3.05) is 13.1 Å². The highest BCUT2D eigenvalue weighted by Gasteiger charge is 2.29. The van der Waals surface area contributed by atoms with Gasteiger partial charge in [-0.05, 0) is 60.6 Å². The van der Waals surface area contributed by atoms with Crippen LogP contribution in [-0.2, 0) is 29.1 Å². The maximum absolute atomic E-state index is 14.0.